The van der Waals surface area contributed by atoms with Crippen molar-refractivity contribution < 1.29 is 4.79 Å². The highest BCUT2D eigenvalue weighted by atomic mass is 32.2. The first-order chi connectivity index (χ1) is 12.1. The average Bonchev–Trinajstić information content (AvgIpc) is 2.63. The molecule has 25 heavy (non-hydrogen) atoms. The van der Waals surface area contributed by atoms with Crippen LogP contribution in [0.3, 0.4) is 0 Å². The number of nitrogens with zero attached hydrogens (tertiary/aromatic N) is 4. The maximum Gasteiger partial charge on any atom is 0.272 e. The highest BCUT2D eigenvalue weighted by molar-refractivity contribution is 7.98. The molecule has 1 aromatic heterocycles. The van der Waals surface area contributed by atoms with Crippen LogP contribution in [0.1, 0.15) is 27.3 Å². The molecule has 0 bridgehead atoms. The van der Waals surface area contributed by atoms with Gasteiger partial charge in [0, 0.05) is 38.4 Å². The van der Waals surface area contributed by atoms with Crippen LogP contribution in [0.15, 0.2) is 35.5 Å². The van der Waals surface area contributed by atoms with Crippen molar-refractivity contribution in [2.24, 2.45) is 0 Å². The molecule has 0 aliphatic carbocycles. The number of thioether (sulfide) groups is 1. The first-order valence-electron chi connectivity index (χ1n) is 8.52. The molecular weight excluding hydrogens is 332 g/mol. The van der Waals surface area contributed by atoms with Crippen molar-refractivity contribution >= 4 is 17.7 Å². The fourth-order valence-corrected chi connectivity index (χ4v) is 3.47. The summed E-state index contributed by atoms with van der Waals surface area (Å²) in [5, 5.41) is 0.654. The van der Waals surface area contributed by atoms with Crippen molar-refractivity contribution in [3.8, 4) is 0 Å². The highest BCUT2D eigenvalue weighted by Crippen LogP contribution is 2.15. The summed E-state index contributed by atoms with van der Waals surface area (Å²) < 4.78 is 0. The number of rotatable bonds is 4. The Labute approximate surface area is 153 Å². The van der Waals surface area contributed by atoms with Gasteiger partial charge in [0.15, 0.2) is 5.16 Å². The Morgan fingerprint density at radius 3 is 2.52 bits per heavy atom. The molecule has 1 saturated heterocycles. The molecule has 0 radical (unpaired) electrons. The summed E-state index contributed by atoms with van der Waals surface area (Å²) in [5.41, 5.74) is 4.02. The predicted octanol–water partition coefficient (Wildman–Crippen LogP) is 2.77. The highest BCUT2D eigenvalue weighted by Gasteiger charge is 2.23. The molecule has 0 unspecified atom stereocenters. The molecular formula is C19H24N4OS. The second-order valence-electron chi connectivity index (χ2n) is 6.38. The largest absolute Gasteiger partial charge is 0.335 e. The third kappa shape index (κ3) is 4.38. The van der Waals surface area contributed by atoms with Gasteiger partial charge in [0.1, 0.15) is 5.69 Å². The minimum absolute atomic E-state index is 0.0105. The number of hydrogen-bond donors (Lipinski definition) is 0. The van der Waals surface area contributed by atoms with Gasteiger partial charge >= 0.3 is 0 Å². The van der Waals surface area contributed by atoms with E-state index in [0.29, 0.717) is 10.9 Å². The Balaban J connectivity index is 1.61. The van der Waals surface area contributed by atoms with Gasteiger partial charge in [-0.1, -0.05) is 36.0 Å². The first-order valence-corrected chi connectivity index (χ1v) is 9.75. The molecule has 0 atom stereocenters. The van der Waals surface area contributed by atoms with Gasteiger partial charge in [0.2, 0.25) is 0 Å². The molecule has 5 nitrogen and oxygen atoms in total. The third-order valence-electron chi connectivity index (χ3n) is 4.55. The van der Waals surface area contributed by atoms with Crippen LogP contribution in [0, 0.1) is 13.8 Å². The lowest BCUT2D eigenvalue weighted by atomic mass is 10.1. The third-order valence-corrected chi connectivity index (χ3v) is 5.10. The van der Waals surface area contributed by atoms with E-state index in [1.165, 1.54) is 22.9 Å². The topological polar surface area (TPSA) is 49.3 Å². The summed E-state index contributed by atoms with van der Waals surface area (Å²) in [6.07, 6.45) is 1.92. The normalized spacial score (nSPS) is 15.4. The summed E-state index contributed by atoms with van der Waals surface area (Å²) in [5.74, 6) is 0.0105. The predicted molar refractivity (Wildman–Crippen MR) is 101 cm³/mol. The number of piperazine rings is 1. The van der Waals surface area contributed by atoms with Crippen LogP contribution in [0.2, 0.25) is 0 Å². The molecule has 1 fully saturated rings. The SMILES string of the molecule is CSc1nc(C)cc(C(=O)N2CCN(Cc3ccccc3C)CC2)n1. The summed E-state index contributed by atoms with van der Waals surface area (Å²) in [6, 6.07) is 10.3. The molecule has 2 heterocycles. The number of amides is 1. The van der Waals surface area contributed by atoms with Crippen molar-refractivity contribution in [1.82, 2.24) is 19.8 Å². The van der Waals surface area contributed by atoms with Crippen LogP contribution in [-0.4, -0.2) is 58.1 Å². The zero-order valence-corrected chi connectivity index (χ0v) is 15.8. The molecule has 132 valence electrons. The van der Waals surface area contributed by atoms with Gasteiger partial charge < -0.3 is 4.90 Å². The van der Waals surface area contributed by atoms with Crippen molar-refractivity contribution in [3.63, 3.8) is 0 Å². The quantitative estimate of drug-likeness (QED) is 0.623. The number of aromatic nitrogens is 2. The van der Waals surface area contributed by atoms with E-state index in [0.717, 1.165) is 38.4 Å². The Hall–Kier alpha value is -1.92. The van der Waals surface area contributed by atoms with E-state index in [1.807, 2.05) is 18.1 Å². The zero-order chi connectivity index (χ0) is 17.8. The minimum Gasteiger partial charge on any atom is -0.335 e. The average molecular weight is 356 g/mol. The van der Waals surface area contributed by atoms with E-state index in [4.69, 9.17) is 0 Å². The number of benzene rings is 1. The standard InChI is InChI=1S/C19H24N4OS/c1-14-6-4-5-7-16(14)13-22-8-10-23(11-9-22)18(24)17-12-15(2)20-19(21-17)25-3/h4-7,12H,8-11,13H2,1-3H3. The van der Waals surface area contributed by atoms with E-state index >= 15 is 0 Å². The number of aryl methyl sites for hydroxylation is 2. The van der Waals surface area contributed by atoms with Crippen molar-refractivity contribution in [1.29, 1.82) is 0 Å². The van der Waals surface area contributed by atoms with Gasteiger partial charge in [-0.15, -0.1) is 0 Å². The molecule has 1 aliphatic heterocycles. The molecule has 1 aromatic carbocycles. The van der Waals surface area contributed by atoms with Gasteiger partial charge in [0.25, 0.3) is 5.91 Å². The lowest BCUT2D eigenvalue weighted by molar-refractivity contribution is 0.0621. The Morgan fingerprint density at radius 2 is 1.84 bits per heavy atom. The maximum absolute atomic E-state index is 12.7. The van der Waals surface area contributed by atoms with E-state index in [1.54, 1.807) is 6.07 Å². The van der Waals surface area contributed by atoms with Crippen LogP contribution in [0.4, 0.5) is 0 Å². The molecule has 1 aliphatic rings. The zero-order valence-electron chi connectivity index (χ0n) is 15.0. The van der Waals surface area contributed by atoms with Crippen molar-refractivity contribution in [3.05, 3.63) is 52.8 Å². The van der Waals surface area contributed by atoms with E-state index < -0.39 is 0 Å². The van der Waals surface area contributed by atoms with Gasteiger partial charge in [0.05, 0.1) is 0 Å². The Bertz CT molecular complexity index is 757. The van der Waals surface area contributed by atoms with Crippen LogP contribution < -0.4 is 0 Å². The van der Waals surface area contributed by atoms with Crippen LogP contribution in [0.25, 0.3) is 0 Å². The number of carbonyl (C=O) groups is 1. The first kappa shape index (κ1) is 17.9. The molecule has 0 spiro atoms. The lowest BCUT2D eigenvalue weighted by Crippen LogP contribution is -2.48. The summed E-state index contributed by atoms with van der Waals surface area (Å²) >= 11 is 1.46. The van der Waals surface area contributed by atoms with Crippen molar-refractivity contribution in [2.75, 3.05) is 32.4 Å². The van der Waals surface area contributed by atoms with Crippen molar-refractivity contribution in [2.45, 2.75) is 25.5 Å². The monoisotopic (exact) mass is 356 g/mol. The van der Waals surface area contributed by atoms with Gasteiger partial charge in [-0.3, -0.25) is 9.69 Å². The lowest BCUT2D eigenvalue weighted by Gasteiger charge is -2.34. The van der Waals surface area contributed by atoms with Crippen LogP contribution >= 0.6 is 11.8 Å². The van der Waals surface area contributed by atoms with Gasteiger partial charge in [-0.2, -0.15) is 0 Å². The van der Waals surface area contributed by atoms with Crippen LogP contribution in [0.5, 0.6) is 0 Å². The second kappa shape index (κ2) is 7.97. The fourth-order valence-electron chi connectivity index (χ4n) is 3.04. The summed E-state index contributed by atoms with van der Waals surface area (Å²) in [7, 11) is 0. The number of carbonyl (C=O) groups excluding carboxylic acids is 1. The van der Waals surface area contributed by atoms with E-state index in [9.17, 15) is 4.79 Å². The minimum atomic E-state index is 0.0105. The molecule has 6 heteroatoms. The molecule has 0 N–H and O–H groups in total. The maximum atomic E-state index is 12.7. The van der Waals surface area contributed by atoms with Gasteiger partial charge in [-0.25, -0.2) is 9.97 Å². The number of hydrogen-bond acceptors (Lipinski definition) is 5. The van der Waals surface area contributed by atoms with Gasteiger partial charge in [-0.05, 0) is 37.3 Å². The second-order valence-corrected chi connectivity index (χ2v) is 7.15. The van der Waals surface area contributed by atoms with E-state index in [2.05, 4.69) is 46.1 Å². The van der Waals surface area contributed by atoms with Crippen LogP contribution in [-0.2, 0) is 6.54 Å². The fraction of sp³-hybridized carbons (Fsp3) is 0.421. The molecule has 1 amide bonds. The van der Waals surface area contributed by atoms with E-state index in [-0.39, 0.29) is 5.91 Å². The molecule has 0 saturated carbocycles. The molecule has 2 aromatic rings. The summed E-state index contributed by atoms with van der Waals surface area (Å²) in [4.78, 5) is 25.7. The Morgan fingerprint density at radius 1 is 1.12 bits per heavy atom. The summed E-state index contributed by atoms with van der Waals surface area (Å²) in [6.45, 7) is 8.25. The Kier molecular flexibility index (Phi) is 5.71. The molecule has 3 rings (SSSR count). The smallest absolute Gasteiger partial charge is 0.272 e.